The highest BCUT2D eigenvalue weighted by Crippen LogP contribution is 1.95. The Balaban J connectivity index is 3.74. The second-order valence-corrected chi connectivity index (χ2v) is 4.18. The largest absolute Gasteiger partial charge is 0.372 e. The van der Waals surface area contributed by atoms with E-state index in [1.807, 2.05) is 32.8 Å². The molecule has 4 heteroatoms. The van der Waals surface area contributed by atoms with Gasteiger partial charge in [-0.1, -0.05) is 6.92 Å². The van der Waals surface area contributed by atoms with Crippen LogP contribution < -0.4 is 0 Å². The minimum Gasteiger partial charge on any atom is -0.372 e. The Labute approximate surface area is 99.5 Å². The van der Waals surface area contributed by atoms with Crippen LogP contribution in [0.25, 0.3) is 0 Å². The predicted octanol–water partition coefficient (Wildman–Crippen LogP) is 1.21. The van der Waals surface area contributed by atoms with Crippen LogP contribution in [0.4, 0.5) is 0 Å². The van der Waals surface area contributed by atoms with E-state index in [0.717, 1.165) is 32.5 Å². The maximum absolute atomic E-state index is 11.7. The van der Waals surface area contributed by atoms with Crippen LogP contribution in [0.3, 0.4) is 0 Å². The van der Waals surface area contributed by atoms with Gasteiger partial charge in [-0.05, 0) is 40.4 Å². The predicted molar refractivity (Wildman–Crippen MR) is 66.5 cm³/mol. The van der Waals surface area contributed by atoms with Crippen LogP contribution in [0.5, 0.6) is 0 Å². The molecule has 0 spiro atoms. The van der Waals surface area contributed by atoms with Crippen molar-refractivity contribution in [3.8, 4) is 0 Å². The first-order chi connectivity index (χ1) is 7.61. The van der Waals surface area contributed by atoms with Crippen LogP contribution in [-0.4, -0.2) is 62.7 Å². The summed E-state index contributed by atoms with van der Waals surface area (Å²) in [6.07, 6.45) is 1.97. The first-order valence-electron chi connectivity index (χ1n) is 6.12. The molecule has 0 aliphatic carbocycles. The van der Waals surface area contributed by atoms with E-state index in [0.29, 0.717) is 6.61 Å². The number of ether oxygens (including phenoxy) is 1. The molecule has 1 amide bonds. The summed E-state index contributed by atoms with van der Waals surface area (Å²) in [6, 6.07) is 0. The molecule has 0 heterocycles. The summed E-state index contributed by atoms with van der Waals surface area (Å²) in [5.74, 6) is 0.106. The van der Waals surface area contributed by atoms with Crippen LogP contribution in [-0.2, 0) is 9.53 Å². The first-order valence-corrected chi connectivity index (χ1v) is 6.12. The van der Waals surface area contributed by atoms with Gasteiger partial charge < -0.3 is 14.5 Å². The monoisotopic (exact) mass is 230 g/mol. The van der Waals surface area contributed by atoms with Crippen molar-refractivity contribution < 1.29 is 9.53 Å². The minimum absolute atomic E-state index is 0.106. The van der Waals surface area contributed by atoms with Gasteiger partial charge in [0.05, 0.1) is 0 Å². The topological polar surface area (TPSA) is 32.8 Å². The van der Waals surface area contributed by atoms with Crippen molar-refractivity contribution in [2.24, 2.45) is 0 Å². The zero-order chi connectivity index (χ0) is 12.4. The Hall–Kier alpha value is -0.610. The van der Waals surface area contributed by atoms with Crippen molar-refractivity contribution >= 4 is 5.91 Å². The third-order valence-corrected chi connectivity index (χ3v) is 2.34. The highest BCUT2D eigenvalue weighted by Gasteiger charge is 2.10. The Morgan fingerprint density at radius 1 is 1.19 bits per heavy atom. The Morgan fingerprint density at radius 2 is 1.88 bits per heavy atom. The van der Waals surface area contributed by atoms with Gasteiger partial charge >= 0.3 is 0 Å². The third-order valence-electron chi connectivity index (χ3n) is 2.34. The molecule has 0 aliphatic heterocycles. The van der Waals surface area contributed by atoms with Crippen molar-refractivity contribution in [2.75, 3.05) is 46.9 Å². The van der Waals surface area contributed by atoms with Crippen molar-refractivity contribution in [1.29, 1.82) is 0 Å². The fourth-order valence-corrected chi connectivity index (χ4v) is 1.43. The van der Waals surface area contributed by atoms with Crippen molar-refractivity contribution in [3.63, 3.8) is 0 Å². The highest BCUT2D eigenvalue weighted by molar-refractivity contribution is 5.77. The molecular formula is C12H26N2O2. The molecular weight excluding hydrogens is 204 g/mol. The molecule has 96 valence electrons. The molecule has 0 aromatic heterocycles. The molecule has 0 saturated carbocycles. The molecule has 0 aliphatic rings. The van der Waals surface area contributed by atoms with Gasteiger partial charge in [0.2, 0.25) is 5.91 Å². The fraction of sp³-hybridized carbons (Fsp3) is 0.917. The highest BCUT2D eigenvalue weighted by atomic mass is 16.5. The fourth-order valence-electron chi connectivity index (χ4n) is 1.43. The molecule has 0 rings (SSSR count). The van der Waals surface area contributed by atoms with E-state index >= 15 is 0 Å². The third kappa shape index (κ3) is 7.65. The number of carbonyl (C=O) groups is 1. The lowest BCUT2D eigenvalue weighted by Gasteiger charge is -2.21. The summed E-state index contributed by atoms with van der Waals surface area (Å²) < 4.78 is 5.25. The van der Waals surface area contributed by atoms with E-state index in [-0.39, 0.29) is 12.5 Å². The number of hydrogen-bond acceptors (Lipinski definition) is 3. The summed E-state index contributed by atoms with van der Waals surface area (Å²) in [7, 11) is 4.09. The summed E-state index contributed by atoms with van der Waals surface area (Å²) in [4.78, 5) is 15.7. The molecule has 0 atom stereocenters. The number of carbonyl (C=O) groups excluding carboxylic acids is 1. The van der Waals surface area contributed by atoms with Gasteiger partial charge in [-0.25, -0.2) is 0 Å². The summed E-state index contributed by atoms with van der Waals surface area (Å²) in [5, 5.41) is 0. The van der Waals surface area contributed by atoms with Gasteiger partial charge in [-0.3, -0.25) is 4.79 Å². The lowest BCUT2D eigenvalue weighted by atomic mass is 10.3. The molecule has 0 unspecified atom stereocenters. The number of likely N-dealkylation sites (N-methyl/N-ethyl adjacent to an activating group) is 1. The molecule has 0 radical (unpaired) electrons. The smallest absolute Gasteiger partial charge is 0.248 e. The summed E-state index contributed by atoms with van der Waals surface area (Å²) >= 11 is 0. The van der Waals surface area contributed by atoms with E-state index in [1.54, 1.807) is 0 Å². The van der Waals surface area contributed by atoms with Crippen LogP contribution in [0.1, 0.15) is 26.7 Å². The van der Waals surface area contributed by atoms with E-state index in [1.165, 1.54) is 0 Å². The number of amides is 1. The second kappa shape index (κ2) is 9.60. The van der Waals surface area contributed by atoms with E-state index in [4.69, 9.17) is 4.74 Å². The van der Waals surface area contributed by atoms with Gasteiger partial charge in [0, 0.05) is 19.7 Å². The SMILES string of the molecule is CCCOCC(=O)N(CC)CCCN(C)C. The molecule has 0 aromatic carbocycles. The molecule has 0 bridgehead atoms. The Kier molecular flexibility index (Phi) is 9.24. The van der Waals surface area contributed by atoms with Crippen LogP contribution >= 0.6 is 0 Å². The number of rotatable bonds is 9. The maximum Gasteiger partial charge on any atom is 0.248 e. The molecule has 0 saturated heterocycles. The Bertz CT molecular complexity index is 184. The lowest BCUT2D eigenvalue weighted by molar-refractivity contribution is -0.136. The van der Waals surface area contributed by atoms with Crippen LogP contribution in [0.15, 0.2) is 0 Å². The normalized spacial score (nSPS) is 10.8. The molecule has 4 nitrogen and oxygen atoms in total. The van der Waals surface area contributed by atoms with Crippen LogP contribution in [0.2, 0.25) is 0 Å². The number of nitrogens with zero attached hydrogens (tertiary/aromatic N) is 2. The van der Waals surface area contributed by atoms with Gasteiger partial charge in [0.1, 0.15) is 6.61 Å². The standard InChI is InChI=1S/C12H26N2O2/c1-5-10-16-11-12(15)14(6-2)9-7-8-13(3)4/h5-11H2,1-4H3. The van der Waals surface area contributed by atoms with E-state index in [9.17, 15) is 4.79 Å². The van der Waals surface area contributed by atoms with Gasteiger partial charge in [0.15, 0.2) is 0 Å². The molecule has 0 N–H and O–H groups in total. The van der Waals surface area contributed by atoms with Gasteiger partial charge in [-0.15, -0.1) is 0 Å². The quantitative estimate of drug-likeness (QED) is 0.558. The Morgan fingerprint density at radius 3 is 2.38 bits per heavy atom. The van der Waals surface area contributed by atoms with Crippen molar-refractivity contribution in [3.05, 3.63) is 0 Å². The van der Waals surface area contributed by atoms with Crippen LogP contribution in [0, 0.1) is 0 Å². The minimum atomic E-state index is 0.106. The summed E-state index contributed by atoms with van der Waals surface area (Å²) in [5.41, 5.74) is 0. The van der Waals surface area contributed by atoms with Crippen molar-refractivity contribution in [2.45, 2.75) is 26.7 Å². The zero-order valence-electron chi connectivity index (χ0n) is 11.2. The second-order valence-electron chi connectivity index (χ2n) is 4.18. The van der Waals surface area contributed by atoms with Gasteiger partial charge in [-0.2, -0.15) is 0 Å². The first kappa shape index (κ1) is 15.4. The zero-order valence-corrected chi connectivity index (χ0v) is 11.2. The maximum atomic E-state index is 11.7. The van der Waals surface area contributed by atoms with Crippen molar-refractivity contribution in [1.82, 2.24) is 9.80 Å². The molecule has 0 aromatic rings. The lowest BCUT2D eigenvalue weighted by Crippen LogP contribution is -2.35. The van der Waals surface area contributed by atoms with Gasteiger partial charge in [0.25, 0.3) is 0 Å². The number of hydrogen-bond donors (Lipinski definition) is 0. The molecule has 0 fully saturated rings. The van der Waals surface area contributed by atoms with E-state index in [2.05, 4.69) is 4.90 Å². The summed E-state index contributed by atoms with van der Waals surface area (Å²) in [6.45, 7) is 7.54. The van der Waals surface area contributed by atoms with E-state index < -0.39 is 0 Å². The molecule has 16 heavy (non-hydrogen) atoms. The average Bonchev–Trinajstić information content (AvgIpc) is 2.24. The average molecular weight is 230 g/mol.